The highest BCUT2D eigenvalue weighted by molar-refractivity contribution is 5.96. The number of fused-ring (bicyclic) bond motifs is 1. The Bertz CT molecular complexity index is 685. The van der Waals surface area contributed by atoms with E-state index >= 15 is 0 Å². The van der Waals surface area contributed by atoms with Gasteiger partial charge >= 0.3 is 0 Å². The molecule has 0 unspecified atom stereocenters. The normalized spacial score (nSPS) is 10.8. The zero-order valence-corrected chi connectivity index (χ0v) is 10.7. The average molecular weight is 250 g/mol. The molecule has 0 fully saturated rings. The van der Waals surface area contributed by atoms with Crippen LogP contribution in [0.5, 0.6) is 0 Å². The number of carbonyl (C=O) groups excluding carboxylic acids is 1. The fraction of sp³-hybridized carbons (Fsp3) is 0.125. The molecule has 1 aromatic rings. The van der Waals surface area contributed by atoms with Crippen LogP contribution in [0.3, 0.4) is 0 Å². The van der Waals surface area contributed by atoms with Gasteiger partial charge in [-0.15, -0.1) is 0 Å². The lowest BCUT2D eigenvalue weighted by Crippen LogP contribution is -2.12. The van der Waals surface area contributed by atoms with E-state index in [4.69, 9.17) is 0 Å². The van der Waals surface area contributed by atoms with Gasteiger partial charge in [0, 0.05) is 23.0 Å². The van der Waals surface area contributed by atoms with Gasteiger partial charge in [-0.05, 0) is 25.1 Å². The van der Waals surface area contributed by atoms with Crippen molar-refractivity contribution in [3.8, 4) is 11.4 Å². The third-order valence-electron chi connectivity index (χ3n) is 3.13. The Morgan fingerprint density at radius 2 is 1.95 bits per heavy atom. The highest BCUT2D eigenvalue weighted by atomic mass is 16.1. The predicted molar refractivity (Wildman–Crippen MR) is 74.4 cm³/mol. The first-order valence-electron chi connectivity index (χ1n) is 6.25. The van der Waals surface area contributed by atoms with Crippen LogP contribution in [-0.4, -0.2) is 15.3 Å². The van der Waals surface area contributed by atoms with E-state index in [2.05, 4.69) is 4.98 Å². The number of Topliss-reactive ketones (excluding diaryl/α,β-unsaturated/α-hetero) is 1. The van der Waals surface area contributed by atoms with Gasteiger partial charge < -0.3 is 4.57 Å². The molecule has 0 aliphatic carbocycles. The number of carbonyl (C=O) groups is 1. The summed E-state index contributed by atoms with van der Waals surface area (Å²) in [5, 5.41) is 0. The van der Waals surface area contributed by atoms with Gasteiger partial charge in [0.1, 0.15) is 5.82 Å². The number of aromatic nitrogens is 2. The molecule has 0 radical (unpaired) electrons. The zero-order valence-electron chi connectivity index (χ0n) is 10.7. The van der Waals surface area contributed by atoms with E-state index in [1.807, 2.05) is 66.2 Å². The first-order valence-corrected chi connectivity index (χ1v) is 6.25. The SMILES string of the molecule is Cc1cc2cccn(CC(=O)c3ccccc3)c-2n1. The van der Waals surface area contributed by atoms with Gasteiger partial charge in [0.25, 0.3) is 0 Å². The van der Waals surface area contributed by atoms with Crippen LogP contribution < -0.4 is 0 Å². The van der Waals surface area contributed by atoms with Gasteiger partial charge in [-0.2, -0.15) is 0 Å². The maximum Gasteiger partial charge on any atom is 0.182 e. The van der Waals surface area contributed by atoms with Crippen molar-refractivity contribution in [2.24, 2.45) is 0 Å². The Balaban J connectivity index is 1.92. The van der Waals surface area contributed by atoms with Crippen molar-refractivity contribution >= 4 is 5.78 Å². The molecule has 1 aromatic carbocycles. The minimum absolute atomic E-state index is 0.0961. The van der Waals surface area contributed by atoms with Crippen LogP contribution in [0.15, 0.2) is 54.7 Å². The molecular weight excluding hydrogens is 236 g/mol. The molecule has 3 nitrogen and oxygen atoms in total. The summed E-state index contributed by atoms with van der Waals surface area (Å²) in [6.45, 7) is 2.28. The molecule has 94 valence electrons. The highest BCUT2D eigenvalue weighted by Crippen LogP contribution is 2.22. The number of hydrogen-bond donors (Lipinski definition) is 0. The summed E-state index contributed by atoms with van der Waals surface area (Å²) in [6, 6.07) is 15.3. The Morgan fingerprint density at radius 1 is 1.16 bits per heavy atom. The molecule has 2 aliphatic rings. The van der Waals surface area contributed by atoms with Crippen LogP contribution >= 0.6 is 0 Å². The second kappa shape index (κ2) is 4.69. The maximum atomic E-state index is 12.2. The van der Waals surface area contributed by atoms with Crippen LogP contribution in [0.4, 0.5) is 0 Å². The van der Waals surface area contributed by atoms with Gasteiger partial charge in [-0.25, -0.2) is 4.98 Å². The van der Waals surface area contributed by atoms with Crippen molar-refractivity contribution in [2.75, 3.05) is 0 Å². The Labute approximate surface area is 111 Å². The van der Waals surface area contributed by atoms with Crippen LogP contribution in [-0.2, 0) is 6.54 Å². The Kier molecular flexibility index (Phi) is 2.88. The maximum absolute atomic E-state index is 12.2. The van der Waals surface area contributed by atoms with Gasteiger partial charge in [-0.3, -0.25) is 4.79 Å². The number of nitrogens with zero attached hydrogens (tertiary/aromatic N) is 2. The molecule has 0 N–H and O–H groups in total. The summed E-state index contributed by atoms with van der Waals surface area (Å²) in [4.78, 5) is 16.7. The average Bonchev–Trinajstić information content (AvgIpc) is 2.81. The van der Waals surface area contributed by atoms with E-state index in [0.717, 1.165) is 22.6 Å². The van der Waals surface area contributed by atoms with E-state index < -0.39 is 0 Å². The standard InChI is InChI=1S/C16H14N2O/c1-12-10-14-8-5-9-18(16(14)17-12)11-15(19)13-6-3-2-4-7-13/h2-10H,11H2,1H3. The Hall–Kier alpha value is -2.42. The number of hydrogen-bond acceptors (Lipinski definition) is 2. The number of benzene rings is 1. The van der Waals surface area contributed by atoms with E-state index in [1.54, 1.807) is 0 Å². The topological polar surface area (TPSA) is 34.9 Å². The summed E-state index contributed by atoms with van der Waals surface area (Å²) >= 11 is 0. The first kappa shape index (κ1) is 11.7. The Morgan fingerprint density at radius 3 is 2.74 bits per heavy atom. The second-order valence-electron chi connectivity index (χ2n) is 4.60. The zero-order chi connectivity index (χ0) is 13.2. The van der Waals surface area contributed by atoms with Crippen molar-refractivity contribution in [1.82, 2.24) is 9.55 Å². The fourth-order valence-corrected chi connectivity index (χ4v) is 2.22. The van der Waals surface area contributed by atoms with Gasteiger partial charge in [0.2, 0.25) is 0 Å². The lowest BCUT2D eigenvalue weighted by Gasteiger charge is -2.10. The molecule has 0 bridgehead atoms. The first-order chi connectivity index (χ1) is 9.24. The second-order valence-corrected chi connectivity index (χ2v) is 4.60. The van der Waals surface area contributed by atoms with Gasteiger partial charge in [0.15, 0.2) is 5.78 Å². The molecule has 3 heteroatoms. The minimum atomic E-state index is 0.0961. The molecule has 0 saturated heterocycles. The third-order valence-corrected chi connectivity index (χ3v) is 3.13. The summed E-state index contributed by atoms with van der Waals surface area (Å²) < 4.78 is 1.90. The monoisotopic (exact) mass is 250 g/mol. The van der Waals surface area contributed by atoms with Crippen molar-refractivity contribution in [1.29, 1.82) is 0 Å². The quantitative estimate of drug-likeness (QED) is 0.669. The highest BCUT2D eigenvalue weighted by Gasteiger charge is 2.13. The number of ketones is 1. The predicted octanol–water partition coefficient (Wildman–Crippen LogP) is 3.18. The molecule has 0 amide bonds. The molecule has 0 atom stereocenters. The van der Waals surface area contributed by atoms with Crippen LogP contribution in [0.25, 0.3) is 11.4 Å². The van der Waals surface area contributed by atoms with Gasteiger partial charge in [-0.1, -0.05) is 30.3 Å². The molecule has 2 aliphatic heterocycles. The molecule has 0 saturated carbocycles. The van der Waals surface area contributed by atoms with E-state index in [9.17, 15) is 4.79 Å². The molecule has 0 aromatic heterocycles. The van der Waals surface area contributed by atoms with Gasteiger partial charge in [0.05, 0.1) is 6.54 Å². The van der Waals surface area contributed by atoms with Crippen LogP contribution in [0.1, 0.15) is 16.1 Å². The van der Waals surface area contributed by atoms with Crippen molar-refractivity contribution in [2.45, 2.75) is 13.5 Å². The molecule has 2 heterocycles. The smallest absolute Gasteiger partial charge is 0.182 e. The number of pyridine rings is 1. The lowest BCUT2D eigenvalue weighted by atomic mass is 10.1. The van der Waals surface area contributed by atoms with Crippen molar-refractivity contribution < 1.29 is 4.79 Å². The molecule has 19 heavy (non-hydrogen) atoms. The van der Waals surface area contributed by atoms with Crippen LogP contribution in [0.2, 0.25) is 0 Å². The van der Waals surface area contributed by atoms with E-state index in [-0.39, 0.29) is 5.78 Å². The summed E-state index contributed by atoms with van der Waals surface area (Å²) in [6.07, 6.45) is 1.90. The molecule has 0 spiro atoms. The lowest BCUT2D eigenvalue weighted by molar-refractivity contribution is 0.0972. The summed E-state index contributed by atoms with van der Waals surface area (Å²) in [5.74, 6) is 0.961. The minimum Gasteiger partial charge on any atom is -0.325 e. The van der Waals surface area contributed by atoms with Crippen LogP contribution in [0, 0.1) is 6.92 Å². The number of rotatable bonds is 3. The van der Waals surface area contributed by atoms with Crippen molar-refractivity contribution in [3.05, 3.63) is 66.0 Å². The number of aryl methyl sites for hydroxylation is 1. The third kappa shape index (κ3) is 2.27. The fourth-order valence-electron chi connectivity index (χ4n) is 2.22. The molecule has 3 rings (SSSR count). The molecular formula is C16H14N2O. The van der Waals surface area contributed by atoms with E-state index in [1.165, 1.54) is 0 Å². The largest absolute Gasteiger partial charge is 0.325 e. The summed E-state index contributed by atoms with van der Waals surface area (Å²) in [5.41, 5.74) is 2.78. The van der Waals surface area contributed by atoms with E-state index in [0.29, 0.717) is 6.54 Å². The van der Waals surface area contributed by atoms with Crippen molar-refractivity contribution in [3.63, 3.8) is 0 Å². The summed E-state index contributed by atoms with van der Waals surface area (Å²) in [7, 11) is 0.